The quantitative estimate of drug-likeness (QED) is 0.586. The van der Waals surface area contributed by atoms with Gasteiger partial charge in [-0.25, -0.2) is 13.1 Å². The van der Waals surface area contributed by atoms with Gasteiger partial charge in [0.2, 0.25) is 10.0 Å². The Balaban J connectivity index is 3.18. The van der Waals surface area contributed by atoms with E-state index in [1.807, 2.05) is 0 Å². The highest BCUT2D eigenvalue weighted by atomic mass is 32.2. The molecule has 5 heteroatoms. The van der Waals surface area contributed by atoms with Crippen molar-refractivity contribution in [2.45, 2.75) is 20.3 Å². The summed E-state index contributed by atoms with van der Waals surface area (Å²) in [5.74, 6) is 0.642. The van der Waals surface area contributed by atoms with E-state index in [1.54, 1.807) is 0 Å². The van der Waals surface area contributed by atoms with Crippen LogP contribution < -0.4 is 10.0 Å². The number of hydrogen-bond donors (Lipinski definition) is 2. The Labute approximate surface area is 81.2 Å². The predicted molar refractivity (Wildman–Crippen MR) is 55.2 cm³/mol. The fourth-order valence-electron chi connectivity index (χ4n) is 0.862. The molecule has 0 aliphatic carbocycles. The van der Waals surface area contributed by atoms with Crippen LogP contribution in [0, 0.1) is 5.92 Å². The van der Waals surface area contributed by atoms with Gasteiger partial charge in [0, 0.05) is 6.54 Å². The zero-order valence-electron chi connectivity index (χ0n) is 8.63. The molecule has 80 valence electrons. The first-order valence-corrected chi connectivity index (χ1v) is 6.46. The Morgan fingerprint density at radius 2 is 1.85 bits per heavy atom. The second-order valence-electron chi connectivity index (χ2n) is 3.62. The molecule has 0 saturated heterocycles. The maximum atomic E-state index is 10.6. The number of nitrogens with one attached hydrogen (secondary N) is 2. The minimum atomic E-state index is -3.01. The smallest absolute Gasteiger partial charge is 0.208 e. The highest BCUT2D eigenvalue weighted by Gasteiger charge is 1.98. The van der Waals surface area contributed by atoms with Gasteiger partial charge in [-0.05, 0) is 25.4 Å². The highest BCUT2D eigenvalue weighted by molar-refractivity contribution is 7.88. The molecule has 0 unspecified atom stereocenters. The molecule has 0 aliphatic rings. The standard InChI is InChI=1S/C8H20N2O2S/c1-8(2)7-9-5-4-6-10-13(3,11)12/h8-10H,4-7H2,1-3H3. The molecule has 0 aromatic rings. The van der Waals surface area contributed by atoms with Crippen molar-refractivity contribution in [3.05, 3.63) is 0 Å². The molecular formula is C8H20N2O2S. The number of sulfonamides is 1. The lowest BCUT2D eigenvalue weighted by molar-refractivity contribution is 0.538. The molecule has 0 rings (SSSR count). The Morgan fingerprint density at radius 3 is 2.31 bits per heavy atom. The Bertz CT molecular complexity index is 212. The molecule has 0 aromatic heterocycles. The van der Waals surface area contributed by atoms with Gasteiger partial charge in [0.15, 0.2) is 0 Å². The first-order valence-electron chi connectivity index (χ1n) is 4.57. The summed E-state index contributed by atoms with van der Waals surface area (Å²) < 4.78 is 23.7. The second-order valence-corrected chi connectivity index (χ2v) is 5.45. The van der Waals surface area contributed by atoms with Gasteiger partial charge in [0.25, 0.3) is 0 Å². The van der Waals surface area contributed by atoms with Gasteiger partial charge in [-0.15, -0.1) is 0 Å². The molecule has 0 spiro atoms. The van der Waals surface area contributed by atoms with Crippen LogP contribution in [-0.4, -0.2) is 34.3 Å². The third kappa shape index (κ3) is 11.9. The van der Waals surface area contributed by atoms with Crippen molar-refractivity contribution in [3.63, 3.8) is 0 Å². The Hall–Kier alpha value is -0.130. The summed E-state index contributed by atoms with van der Waals surface area (Å²) in [4.78, 5) is 0. The fourth-order valence-corrected chi connectivity index (χ4v) is 1.38. The van der Waals surface area contributed by atoms with E-state index >= 15 is 0 Å². The molecule has 0 fully saturated rings. The third-order valence-electron chi connectivity index (χ3n) is 1.45. The van der Waals surface area contributed by atoms with Gasteiger partial charge >= 0.3 is 0 Å². The monoisotopic (exact) mass is 208 g/mol. The molecule has 0 bridgehead atoms. The van der Waals surface area contributed by atoms with Crippen molar-refractivity contribution >= 4 is 10.0 Å². The van der Waals surface area contributed by atoms with Gasteiger partial charge in [0.1, 0.15) is 0 Å². The van der Waals surface area contributed by atoms with Crippen LogP contribution in [0.15, 0.2) is 0 Å². The first kappa shape index (κ1) is 12.9. The molecular weight excluding hydrogens is 188 g/mol. The molecule has 4 nitrogen and oxygen atoms in total. The predicted octanol–water partition coefficient (Wildman–Crippen LogP) is 0.171. The summed E-state index contributed by atoms with van der Waals surface area (Å²) in [7, 11) is -3.01. The van der Waals surface area contributed by atoms with Crippen LogP contribution >= 0.6 is 0 Å². The topological polar surface area (TPSA) is 58.2 Å². The molecule has 0 saturated carbocycles. The van der Waals surface area contributed by atoms with Crippen LogP contribution in [0.4, 0.5) is 0 Å². The fraction of sp³-hybridized carbons (Fsp3) is 1.00. The number of hydrogen-bond acceptors (Lipinski definition) is 3. The summed E-state index contributed by atoms with van der Waals surface area (Å²) in [6, 6.07) is 0. The SMILES string of the molecule is CC(C)CNCCCNS(C)(=O)=O. The zero-order valence-corrected chi connectivity index (χ0v) is 9.45. The van der Waals surface area contributed by atoms with Gasteiger partial charge in [0.05, 0.1) is 6.26 Å². The van der Waals surface area contributed by atoms with E-state index in [1.165, 1.54) is 6.26 Å². The summed E-state index contributed by atoms with van der Waals surface area (Å²) in [6.45, 7) is 6.65. The summed E-state index contributed by atoms with van der Waals surface area (Å²) in [5, 5.41) is 3.24. The highest BCUT2D eigenvalue weighted by Crippen LogP contribution is 1.86. The summed E-state index contributed by atoms with van der Waals surface area (Å²) >= 11 is 0. The van der Waals surface area contributed by atoms with E-state index < -0.39 is 10.0 Å². The molecule has 2 N–H and O–H groups in total. The van der Waals surface area contributed by atoms with E-state index in [4.69, 9.17) is 0 Å². The minimum absolute atomic E-state index is 0.518. The molecule has 0 radical (unpaired) electrons. The van der Waals surface area contributed by atoms with Crippen molar-refractivity contribution in [3.8, 4) is 0 Å². The van der Waals surface area contributed by atoms with Crippen LogP contribution in [0.1, 0.15) is 20.3 Å². The summed E-state index contributed by atoms with van der Waals surface area (Å²) in [6.07, 6.45) is 2.01. The van der Waals surface area contributed by atoms with E-state index in [9.17, 15) is 8.42 Å². The van der Waals surface area contributed by atoms with Crippen molar-refractivity contribution in [2.75, 3.05) is 25.9 Å². The summed E-state index contributed by atoms with van der Waals surface area (Å²) in [5.41, 5.74) is 0. The van der Waals surface area contributed by atoms with Crippen LogP contribution in [0.25, 0.3) is 0 Å². The first-order chi connectivity index (χ1) is 5.92. The van der Waals surface area contributed by atoms with Gasteiger partial charge in [-0.1, -0.05) is 13.8 Å². The van der Waals surface area contributed by atoms with Crippen molar-refractivity contribution in [2.24, 2.45) is 5.92 Å². The third-order valence-corrected chi connectivity index (χ3v) is 2.18. The van der Waals surface area contributed by atoms with Gasteiger partial charge < -0.3 is 5.32 Å². The van der Waals surface area contributed by atoms with E-state index in [0.717, 1.165) is 19.5 Å². The maximum absolute atomic E-state index is 10.6. The largest absolute Gasteiger partial charge is 0.316 e. The lowest BCUT2D eigenvalue weighted by Crippen LogP contribution is -2.27. The molecule has 0 atom stereocenters. The van der Waals surface area contributed by atoms with Crippen LogP contribution in [-0.2, 0) is 10.0 Å². The second kappa shape index (κ2) is 6.34. The molecule has 0 heterocycles. The molecule has 0 amide bonds. The molecule has 13 heavy (non-hydrogen) atoms. The van der Waals surface area contributed by atoms with E-state index in [2.05, 4.69) is 23.9 Å². The zero-order chi connectivity index (χ0) is 10.3. The van der Waals surface area contributed by atoms with Crippen molar-refractivity contribution < 1.29 is 8.42 Å². The lowest BCUT2D eigenvalue weighted by Gasteiger charge is -2.06. The van der Waals surface area contributed by atoms with E-state index in [-0.39, 0.29) is 0 Å². The number of rotatable bonds is 7. The van der Waals surface area contributed by atoms with Gasteiger partial charge in [-0.2, -0.15) is 0 Å². The van der Waals surface area contributed by atoms with Gasteiger partial charge in [-0.3, -0.25) is 0 Å². The Morgan fingerprint density at radius 1 is 1.23 bits per heavy atom. The van der Waals surface area contributed by atoms with E-state index in [0.29, 0.717) is 12.5 Å². The van der Waals surface area contributed by atoms with Crippen molar-refractivity contribution in [1.82, 2.24) is 10.0 Å². The minimum Gasteiger partial charge on any atom is -0.316 e. The van der Waals surface area contributed by atoms with Crippen LogP contribution in [0.3, 0.4) is 0 Å². The lowest BCUT2D eigenvalue weighted by atomic mass is 10.2. The van der Waals surface area contributed by atoms with Crippen LogP contribution in [0.5, 0.6) is 0 Å². The Kier molecular flexibility index (Phi) is 6.28. The molecule has 0 aromatic carbocycles. The average molecular weight is 208 g/mol. The molecule has 0 aliphatic heterocycles. The normalized spacial score (nSPS) is 12.3. The average Bonchev–Trinajstić information content (AvgIpc) is 1.93. The maximum Gasteiger partial charge on any atom is 0.208 e. The van der Waals surface area contributed by atoms with Crippen molar-refractivity contribution in [1.29, 1.82) is 0 Å². The van der Waals surface area contributed by atoms with Crippen LogP contribution in [0.2, 0.25) is 0 Å².